The monoisotopic (exact) mass is 182 g/mol. The van der Waals surface area contributed by atoms with Crippen molar-refractivity contribution >= 4 is 0 Å². The van der Waals surface area contributed by atoms with Gasteiger partial charge in [0.15, 0.2) is 0 Å². The van der Waals surface area contributed by atoms with Crippen LogP contribution in [0.5, 0.6) is 0 Å². The molecule has 0 amide bonds. The van der Waals surface area contributed by atoms with Crippen LogP contribution in [-0.4, -0.2) is 5.66 Å². The SMILES string of the molecule is CCC1(CC)C2CCC(C2)C1(N)N. The van der Waals surface area contributed by atoms with Crippen molar-refractivity contribution in [3.63, 3.8) is 0 Å². The van der Waals surface area contributed by atoms with Gasteiger partial charge in [0.2, 0.25) is 0 Å². The molecule has 4 N–H and O–H groups in total. The summed E-state index contributed by atoms with van der Waals surface area (Å²) < 4.78 is 0. The molecule has 2 bridgehead atoms. The van der Waals surface area contributed by atoms with Crippen molar-refractivity contribution < 1.29 is 0 Å². The maximum atomic E-state index is 6.34. The summed E-state index contributed by atoms with van der Waals surface area (Å²) in [5, 5.41) is 0. The van der Waals surface area contributed by atoms with Gasteiger partial charge < -0.3 is 11.5 Å². The maximum absolute atomic E-state index is 6.34. The Morgan fingerprint density at radius 1 is 1.08 bits per heavy atom. The highest BCUT2D eigenvalue weighted by Gasteiger charge is 2.61. The van der Waals surface area contributed by atoms with Gasteiger partial charge in [0.05, 0.1) is 5.66 Å². The number of hydrogen-bond donors (Lipinski definition) is 2. The molecular weight excluding hydrogens is 160 g/mol. The zero-order chi connectivity index (χ0) is 9.69. The third-order valence-corrected chi connectivity index (χ3v) is 5.01. The molecule has 76 valence electrons. The van der Waals surface area contributed by atoms with Crippen molar-refractivity contribution in [3.8, 4) is 0 Å². The van der Waals surface area contributed by atoms with Crippen LogP contribution in [0.4, 0.5) is 0 Å². The highest BCUT2D eigenvalue weighted by molar-refractivity contribution is 5.14. The average Bonchev–Trinajstić information content (AvgIpc) is 2.62. The van der Waals surface area contributed by atoms with E-state index in [0.717, 1.165) is 18.8 Å². The molecule has 2 rings (SSSR count). The first kappa shape index (κ1) is 9.47. The van der Waals surface area contributed by atoms with Gasteiger partial charge in [-0.3, -0.25) is 0 Å². The quantitative estimate of drug-likeness (QED) is 0.640. The summed E-state index contributed by atoms with van der Waals surface area (Å²) in [5.74, 6) is 1.40. The van der Waals surface area contributed by atoms with E-state index in [2.05, 4.69) is 13.8 Å². The van der Waals surface area contributed by atoms with E-state index < -0.39 is 0 Å². The van der Waals surface area contributed by atoms with Crippen LogP contribution in [-0.2, 0) is 0 Å². The van der Waals surface area contributed by atoms with Crippen molar-refractivity contribution in [3.05, 3.63) is 0 Å². The Balaban J connectivity index is 2.36. The Kier molecular flexibility index (Phi) is 1.97. The largest absolute Gasteiger partial charge is 0.313 e. The van der Waals surface area contributed by atoms with E-state index in [9.17, 15) is 0 Å². The molecule has 2 saturated carbocycles. The van der Waals surface area contributed by atoms with Crippen LogP contribution >= 0.6 is 0 Å². The zero-order valence-corrected chi connectivity index (χ0v) is 8.84. The van der Waals surface area contributed by atoms with E-state index in [1.807, 2.05) is 0 Å². The van der Waals surface area contributed by atoms with Crippen molar-refractivity contribution in [2.45, 2.75) is 51.6 Å². The average molecular weight is 182 g/mol. The van der Waals surface area contributed by atoms with Gasteiger partial charge in [-0.15, -0.1) is 0 Å². The molecule has 2 heteroatoms. The lowest BCUT2D eigenvalue weighted by Gasteiger charge is -2.48. The summed E-state index contributed by atoms with van der Waals surface area (Å²) in [4.78, 5) is 0. The van der Waals surface area contributed by atoms with E-state index in [-0.39, 0.29) is 11.1 Å². The number of nitrogens with two attached hydrogens (primary N) is 2. The maximum Gasteiger partial charge on any atom is 0.0725 e. The van der Waals surface area contributed by atoms with Crippen LogP contribution in [0.15, 0.2) is 0 Å². The lowest BCUT2D eigenvalue weighted by Crippen LogP contribution is -2.65. The topological polar surface area (TPSA) is 52.0 Å². The van der Waals surface area contributed by atoms with E-state index in [0.29, 0.717) is 5.92 Å². The second kappa shape index (κ2) is 2.71. The standard InChI is InChI=1S/C11H22N2/c1-3-10(4-2)8-5-6-9(7-8)11(10,12)13/h8-9H,3-7,12-13H2,1-2H3. The summed E-state index contributed by atoms with van der Waals surface area (Å²) in [5.41, 5.74) is 12.6. The molecule has 0 heterocycles. The molecule has 2 fully saturated rings. The predicted octanol–water partition coefficient (Wildman–Crippen LogP) is 1.84. The lowest BCUT2D eigenvalue weighted by molar-refractivity contribution is 0.0425. The molecular formula is C11H22N2. The summed E-state index contributed by atoms with van der Waals surface area (Å²) in [6.45, 7) is 4.50. The number of rotatable bonds is 2. The zero-order valence-electron chi connectivity index (χ0n) is 8.84. The first-order valence-corrected chi connectivity index (χ1v) is 5.66. The van der Waals surface area contributed by atoms with Gasteiger partial charge in [-0.1, -0.05) is 13.8 Å². The van der Waals surface area contributed by atoms with E-state index in [1.165, 1.54) is 19.3 Å². The van der Waals surface area contributed by atoms with Crippen molar-refractivity contribution in [1.82, 2.24) is 0 Å². The Hall–Kier alpha value is -0.0800. The first-order valence-electron chi connectivity index (χ1n) is 5.66. The van der Waals surface area contributed by atoms with Gasteiger partial charge in [-0.25, -0.2) is 0 Å². The highest BCUT2D eigenvalue weighted by atomic mass is 15.0. The molecule has 0 aliphatic heterocycles. The Bertz CT molecular complexity index is 206. The fourth-order valence-corrected chi connectivity index (χ4v) is 4.12. The third kappa shape index (κ3) is 0.909. The summed E-state index contributed by atoms with van der Waals surface area (Å²) in [6, 6.07) is 0. The Morgan fingerprint density at radius 2 is 1.62 bits per heavy atom. The van der Waals surface area contributed by atoms with Gasteiger partial charge in [0, 0.05) is 5.41 Å². The third-order valence-electron chi connectivity index (χ3n) is 5.01. The highest BCUT2D eigenvalue weighted by Crippen LogP contribution is 2.61. The summed E-state index contributed by atoms with van der Waals surface area (Å²) in [7, 11) is 0. The van der Waals surface area contributed by atoms with Gasteiger partial charge in [-0.05, 0) is 43.9 Å². The minimum atomic E-state index is -0.376. The Morgan fingerprint density at radius 3 is 1.92 bits per heavy atom. The van der Waals surface area contributed by atoms with Crippen LogP contribution < -0.4 is 11.5 Å². The van der Waals surface area contributed by atoms with Gasteiger partial charge in [0.25, 0.3) is 0 Å². The molecule has 0 aromatic rings. The van der Waals surface area contributed by atoms with E-state index in [4.69, 9.17) is 11.5 Å². The lowest BCUT2D eigenvalue weighted by atomic mass is 9.63. The molecule has 2 nitrogen and oxygen atoms in total. The molecule has 2 aliphatic carbocycles. The minimum Gasteiger partial charge on any atom is -0.313 e. The Labute approximate surface area is 81.1 Å². The summed E-state index contributed by atoms with van der Waals surface area (Å²) >= 11 is 0. The fraction of sp³-hybridized carbons (Fsp3) is 1.00. The molecule has 0 radical (unpaired) electrons. The van der Waals surface area contributed by atoms with Crippen molar-refractivity contribution in [1.29, 1.82) is 0 Å². The van der Waals surface area contributed by atoms with Crippen molar-refractivity contribution in [2.24, 2.45) is 28.7 Å². The van der Waals surface area contributed by atoms with Crippen LogP contribution in [0.2, 0.25) is 0 Å². The molecule has 0 spiro atoms. The second-order valence-corrected chi connectivity index (χ2v) is 5.00. The van der Waals surface area contributed by atoms with Gasteiger partial charge in [-0.2, -0.15) is 0 Å². The number of hydrogen-bond acceptors (Lipinski definition) is 2. The van der Waals surface area contributed by atoms with Crippen LogP contribution in [0, 0.1) is 17.3 Å². The van der Waals surface area contributed by atoms with Crippen LogP contribution in [0.3, 0.4) is 0 Å². The van der Waals surface area contributed by atoms with Crippen LogP contribution in [0.25, 0.3) is 0 Å². The minimum absolute atomic E-state index is 0.246. The molecule has 2 atom stereocenters. The summed E-state index contributed by atoms with van der Waals surface area (Å²) in [6.07, 6.45) is 6.21. The van der Waals surface area contributed by atoms with Crippen molar-refractivity contribution in [2.75, 3.05) is 0 Å². The molecule has 0 aromatic heterocycles. The van der Waals surface area contributed by atoms with Crippen LogP contribution in [0.1, 0.15) is 46.0 Å². The number of fused-ring (bicyclic) bond motifs is 2. The normalized spacial score (nSPS) is 39.7. The predicted molar refractivity (Wildman–Crippen MR) is 55.0 cm³/mol. The first-order chi connectivity index (χ1) is 6.08. The fourth-order valence-electron chi connectivity index (χ4n) is 4.12. The molecule has 2 aliphatic rings. The molecule has 0 saturated heterocycles. The molecule has 0 aromatic carbocycles. The molecule has 2 unspecified atom stereocenters. The van der Waals surface area contributed by atoms with Gasteiger partial charge >= 0.3 is 0 Å². The second-order valence-electron chi connectivity index (χ2n) is 5.00. The van der Waals surface area contributed by atoms with E-state index >= 15 is 0 Å². The van der Waals surface area contributed by atoms with Gasteiger partial charge in [0.1, 0.15) is 0 Å². The molecule has 13 heavy (non-hydrogen) atoms. The van der Waals surface area contributed by atoms with E-state index in [1.54, 1.807) is 0 Å². The smallest absolute Gasteiger partial charge is 0.0725 e.